The molecule has 0 aliphatic heterocycles. The van der Waals surface area contributed by atoms with Crippen molar-refractivity contribution >= 4 is 16.3 Å². The summed E-state index contributed by atoms with van der Waals surface area (Å²) >= 11 is 0. The molecule has 0 heterocycles. The van der Waals surface area contributed by atoms with Gasteiger partial charge in [0, 0.05) is 0 Å². The molecule has 0 N–H and O–H groups in total. The lowest BCUT2D eigenvalue weighted by molar-refractivity contribution is -0.140. The van der Waals surface area contributed by atoms with E-state index in [1.54, 1.807) is 0 Å². The van der Waals surface area contributed by atoms with Crippen molar-refractivity contribution in [1.29, 1.82) is 0 Å². The quantitative estimate of drug-likeness (QED) is 0.608. The van der Waals surface area contributed by atoms with Crippen LogP contribution in [0.2, 0.25) is 0 Å². The molecule has 1 aromatic carbocycles. The number of sulfone groups is 1. The second kappa shape index (κ2) is 5.38. The Labute approximate surface area is 101 Å². The Hall–Kier alpha value is -1.57. The number of rotatable bonds is 5. The van der Waals surface area contributed by atoms with E-state index < -0.39 is 38.8 Å². The van der Waals surface area contributed by atoms with Gasteiger partial charge in [0.1, 0.15) is 6.61 Å². The number of halogens is 3. The molecule has 0 amide bonds. The van der Waals surface area contributed by atoms with E-state index in [1.165, 1.54) is 6.07 Å². The van der Waals surface area contributed by atoms with Gasteiger partial charge in [0.25, 0.3) is 6.47 Å². The molecule has 4 nitrogen and oxygen atoms in total. The summed E-state index contributed by atoms with van der Waals surface area (Å²) in [7, 11) is -4.15. The van der Waals surface area contributed by atoms with Crippen LogP contribution in [0.25, 0.3) is 0 Å². The smallest absolute Gasteiger partial charge is 0.417 e. The van der Waals surface area contributed by atoms with Crippen molar-refractivity contribution in [2.24, 2.45) is 0 Å². The molecule has 0 saturated heterocycles. The molecular weight excluding hydrogens is 273 g/mol. The normalized spacial score (nSPS) is 12.2. The summed E-state index contributed by atoms with van der Waals surface area (Å²) in [6.45, 7) is -0.455. The fourth-order valence-electron chi connectivity index (χ4n) is 1.29. The molecule has 0 saturated carbocycles. The van der Waals surface area contributed by atoms with Crippen molar-refractivity contribution in [2.45, 2.75) is 11.1 Å². The number of hydrogen-bond donors (Lipinski definition) is 0. The Bertz CT molecular complexity index is 522. The van der Waals surface area contributed by atoms with Gasteiger partial charge in [0.15, 0.2) is 9.84 Å². The monoisotopic (exact) mass is 282 g/mol. The molecule has 0 bridgehead atoms. The summed E-state index contributed by atoms with van der Waals surface area (Å²) in [5.74, 6) is -0.696. The SMILES string of the molecule is O=COCCS(=O)(=O)c1ccccc1C(F)(F)F. The summed E-state index contributed by atoms with van der Waals surface area (Å²) in [6.07, 6.45) is -4.75. The number of ether oxygens (including phenoxy) is 1. The maximum absolute atomic E-state index is 12.6. The molecule has 0 radical (unpaired) electrons. The maximum Gasteiger partial charge on any atom is 0.417 e. The maximum atomic E-state index is 12.6. The van der Waals surface area contributed by atoms with E-state index in [9.17, 15) is 26.4 Å². The number of alkyl halides is 3. The minimum Gasteiger partial charge on any atom is -0.467 e. The van der Waals surface area contributed by atoms with Crippen molar-refractivity contribution in [2.75, 3.05) is 12.4 Å². The predicted molar refractivity (Wildman–Crippen MR) is 55.5 cm³/mol. The molecule has 0 fully saturated rings. The predicted octanol–water partition coefficient (Wildman–Crippen LogP) is 1.65. The Morgan fingerprint density at radius 1 is 1.22 bits per heavy atom. The van der Waals surface area contributed by atoms with Crippen molar-refractivity contribution in [1.82, 2.24) is 0 Å². The van der Waals surface area contributed by atoms with Gasteiger partial charge in [-0.15, -0.1) is 0 Å². The second-order valence-corrected chi connectivity index (χ2v) is 5.36. The van der Waals surface area contributed by atoms with Crippen LogP contribution in [0.3, 0.4) is 0 Å². The summed E-state index contributed by atoms with van der Waals surface area (Å²) in [6, 6.07) is 3.86. The van der Waals surface area contributed by atoms with Gasteiger partial charge in [0.2, 0.25) is 0 Å². The molecule has 1 aromatic rings. The first kappa shape index (κ1) is 14.5. The zero-order valence-electron chi connectivity index (χ0n) is 8.98. The van der Waals surface area contributed by atoms with Crippen LogP contribution in [0.15, 0.2) is 29.2 Å². The van der Waals surface area contributed by atoms with E-state index in [4.69, 9.17) is 0 Å². The molecule has 0 unspecified atom stereocenters. The molecule has 0 aliphatic rings. The van der Waals surface area contributed by atoms with Crippen molar-refractivity contribution < 1.29 is 31.1 Å². The molecule has 0 aromatic heterocycles. The van der Waals surface area contributed by atoms with Crippen LogP contribution in [0.1, 0.15) is 5.56 Å². The van der Waals surface area contributed by atoms with E-state index in [1.807, 2.05) is 0 Å². The third-order valence-corrected chi connectivity index (χ3v) is 3.80. The highest BCUT2D eigenvalue weighted by Gasteiger charge is 2.36. The summed E-state index contributed by atoms with van der Waals surface area (Å²) in [5, 5.41) is 0. The molecule has 0 atom stereocenters. The zero-order chi connectivity index (χ0) is 13.8. The Morgan fingerprint density at radius 3 is 2.39 bits per heavy atom. The fourth-order valence-corrected chi connectivity index (χ4v) is 2.63. The van der Waals surface area contributed by atoms with Crippen LogP contribution >= 0.6 is 0 Å². The first-order chi connectivity index (χ1) is 8.29. The highest BCUT2D eigenvalue weighted by Crippen LogP contribution is 2.34. The number of hydrogen-bond acceptors (Lipinski definition) is 4. The molecule has 0 spiro atoms. The minimum absolute atomic E-state index is 0.0329. The second-order valence-electron chi connectivity index (χ2n) is 3.28. The molecule has 1 rings (SSSR count). The van der Waals surface area contributed by atoms with Crippen LogP contribution in [0, 0.1) is 0 Å². The average Bonchev–Trinajstić information content (AvgIpc) is 2.28. The largest absolute Gasteiger partial charge is 0.467 e. The Morgan fingerprint density at radius 2 is 1.83 bits per heavy atom. The van der Waals surface area contributed by atoms with Crippen molar-refractivity contribution in [3.8, 4) is 0 Å². The molecule has 0 aliphatic carbocycles. The number of carbonyl (C=O) groups is 1. The highest BCUT2D eigenvalue weighted by atomic mass is 32.2. The lowest BCUT2D eigenvalue weighted by atomic mass is 10.2. The lowest BCUT2D eigenvalue weighted by Gasteiger charge is -2.12. The van der Waals surface area contributed by atoms with E-state index in [0.29, 0.717) is 6.07 Å². The van der Waals surface area contributed by atoms with Crippen LogP contribution in [0.5, 0.6) is 0 Å². The van der Waals surface area contributed by atoms with Crippen LogP contribution in [0.4, 0.5) is 13.2 Å². The number of benzene rings is 1. The van der Waals surface area contributed by atoms with E-state index in [2.05, 4.69) is 4.74 Å². The zero-order valence-corrected chi connectivity index (χ0v) is 9.79. The standard InChI is InChI=1S/C10H9F3O4S/c11-10(12,13)8-3-1-2-4-9(8)18(15,16)6-5-17-7-14/h1-4,7H,5-6H2. The van der Waals surface area contributed by atoms with Crippen molar-refractivity contribution in [3.05, 3.63) is 29.8 Å². The van der Waals surface area contributed by atoms with Gasteiger partial charge in [-0.3, -0.25) is 4.79 Å². The summed E-state index contributed by atoms with van der Waals surface area (Å²) in [4.78, 5) is 9.04. The van der Waals surface area contributed by atoms with E-state index >= 15 is 0 Å². The topological polar surface area (TPSA) is 60.4 Å². The first-order valence-corrected chi connectivity index (χ1v) is 6.38. The van der Waals surface area contributed by atoms with Gasteiger partial charge in [-0.1, -0.05) is 12.1 Å². The van der Waals surface area contributed by atoms with Gasteiger partial charge in [-0.25, -0.2) is 8.42 Å². The van der Waals surface area contributed by atoms with Crippen molar-refractivity contribution in [3.63, 3.8) is 0 Å². The third kappa shape index (κ3) is 3.46. The number of carbonyl (C=O) groups excluding carboxylic acids is 1. The summed E-state index contributed by atoms with van der Waals surface area (Å²) < 4.78 is 65.4. The Kier molecular flexibility index (Phi) is 4.33. The van der Waals surface area contributed by atoms with Crippen LogP contribution < -0.4 is 0 Å². The van der Waals surface area contributed by atoms with Gasteiger partial charge in [-0.2, -0.15) is 13.2 Å². The molecular formula is C10H9F3O4S. The average molecular weight is 282 g/mol. The van der Waals surface area contributed by atoms with E-state index in [0.717, 1.165) is 12.1 Å². The third-order valence-electron chi connectivity index (χ3n) is 2.07. The summed E-state index contributed by atoms with van der Waals surface area (Å²) in [5.41, 5.74) is -1.23. The van der Waals surface area contributed by atoms with E-state index in [-0.39, 0.29) is 6.47 Å². The molecule has 8 heteroatoms. The molecule has 18 heavy (non-hydrogen) atoms. The van der Waals surface area contributed by atoms with Gasteiger partial charge < -0.3 is 4.74 Å². The van der Waals surface area contributed by atoms with Gasteiger partial charge in [0.05, 0.1) is 16.2 Å². The lowest BCUT2D eigenvalue weighted by Crippen LogP contribution is -2.17. The van der Waals surface area contributed by atoms with Crippen LogP contribution in [-0.4, -0.2) is 27.2 Å². The minimum atomic E-state index is -4.75. The fraction of sp³-hybridized carbons (Fsp3) is 0.300. The van der Waals surface area contributed by atoms with Gasteiger partial charge >= 0.3 is 6.18 Å². The first-order valence-electron chi connectivity index (χ1n) is 4.73. The Balaban J connectivity index is 3.13. The van der Waals surface area contributed by atoms with Gasteiger partial charge in [-0.05, 0) is 12.1 Å². The highest BCUT2D eigenvalue weighted by molar-refractivity contribution is 7.91. The van der Waals surface area contributed by atoms with Crippen LogP contribution in [-0.2, 0) is 25.5 Å². The molecule has 100 valence electrons.